The minimum Gasteiger partial charge on any atom is -0.497 e. The van der Waals surface area contributed by atoms with Gasteiger partial charge < -0.3 is 67.0 Å². The van der Waals surface area contributed by atoms with Crippen molar-refractivity contribution in [2.24, 2.45) is 41.1 Å². The van der Waals surface area contributed by atoms with Crippen LogP contribution in [0.1, 0.15) is 126 Å². The number of methoxy groups -OCH3 is 1. The van der Waals surface area contributed by atoms with E-state index in [1.54, 1.807) is 52.1 Å². The SMILES string of the molecule is CC[C@H](C)[C@H]1NC(=O)[C@@H](NC(=O)[C@@H](CC(C)C)NC)[C@@H](C)OC(=O)[C@H](Cc2ccc(OC)cc2)N(C)C(=O)[C@@H]2CCCN2C(=O)[C@H](CC(C)C)NC(=O)[C@@H](C)C(=O)[C@H](C(C)C)OC(=O)C[C@@H]1O.NC(=O)CC[C@H](N)C(=O)O. The number of amides is 6. The number of nitrogens with one attached hydrogen (secondary N) is 4. The molecule has 2 fully saturated rings. The molecule has 2 aliphatic rings. The Morgan fingerprint density at radius 2 is 1.53 bits per heavy atom. The second kappa shape index (κ2) is 31.9. The molecule has 23 heteroatoms. The molecular formula is C54H88N8O15. The number of primary amides is 1. The second-order valence-corrected chi connectivity index (χ2v) is 21.4. The molecule has 10 N–H and O–H groups in total. The number of fused-ring (bicyclic) bond motifs is 1. The molecule has 6 amide bonds. The molecule has 2 saturated heterocycles. The molecule has 1 aromatic rings. The number of nitrogens with two attached hydrogens (primary N) is 2. The summed E-state index contributed by atoms with van der Waals surface area (Å²) < 4.78 is 17.1. The van der Waals surface area contributed by atoms with Crippen molar-refractivity contribution in [2.75, 3.05) is 27.7 Å². The van der Waals surface area contributed by atoms with Gasteiger partial charge in [0, 0.05) is 26.4 Å². The number of nitrogens with zero attached hydrogens (tertiary/aromatic N) is 2. The number of hydrogen-bond acceptors (Lipinski definition) is 16. The third kappa shape index (κ3) is 20.6. The van der Waals surface area contributed by atoms with Gasteiger partial charge in [-0.15, -0.1) is 0 Å². The molecule has 77 heavy (non-hydrogen) atoms. The fourth-order valence-electron chi connectivity index (χ4n) is 8.97. The Hall–Kier alpha value is -6.20. The van der Waals surface area contributed by atoms with Gasteiger partial charge in [0.15, 0.2) is 11.9 Å². The van der Waals surface area contributed by atoms with E-state index in [9.17, 15) is 53.1 Å². The van der Waals surface area contributed by atoms with Crippen LogP contribution in [0.2, 0.25) is 0 Å². The average Bonchev–Trinajstić information content (AvgIpc) is 3.87. The normalized spacial score (nSPS) is 25.8. The summed E-state index contributed by atoms with van der Waals surface area (Å²) in [7, 11) is 4.56. The van der Waals surface area contributed by atoms with Gasteiger partial charge in [0.05, 0.1) is 37.6 Å². The molecule has 0 radical (unpaired) electrons. The summed E-state index contributed by atoms with van der Waals surface area (Å²) in [5.41, 5.74) is 10.4. The van der Waals surface area contributed by atoms with E-state index in [1.165, 1.54) is 37.8 Å². The molecule has 0 bridgehead atoms. The Morgan fingerprint density at radius 1 is 0.909 bits per heavy atom. The van der Waals surface area contributed by atoms with Gasteiger partial charge in [-0.1, -0.05) is 73.9 Å². The minimum absolute atomic E-state index is 0.0213. The number of cyclic esters (lactones) is 2. The monoisotopic (exact) mass is 1090 g/mol. The number of aliphatic carboxylic acids is 1. The highest BCUT2D eigenvalue weighted by atomic mass is 16.6. The molecule has 0 unspecified atom stereocenters. The maximum Gasteiger partial charge on any atom is 0.329 e. The van der Waals surface area contributed by atoms with Gasteiger partial charge in [-0.3, -0.25) is 43.2 Å². The number of hydrogen-bond donors (Lipinski definition) is 8. The first kappa shape index (κ1) is 66.9. The number of carbonyl (C=O) groups is 10. The van der Waals surface area contributed by atoms with Crippen LogP contribution in [0.4, 0.5) is 0 Å². The predicted octanol–water partition coefficient (Wildman–Crippen LogP) is 1.37. The van der Waals surface area contributed by atoms with Crippen LogP contribution in [0.5, 0.6) is 5.75 Å². The summed E-state index contributed by atoms with van der Waals surface area (Å²) in [5, 5.41) is 31.1. The Kier molecular flexibility index (Phi) is 27.7. The van der Waals surface area contributed by atoms with E-state index in [-0.39, 0.29) is 50.5 Å². The first-order valence-electron chi connectivity index (χ1n) is 26.7. The van der Waals surface area contributed by atoms with Crippen molar-refractivity contribution >= 4 is 59.1 Å². The number of esters is 2. The van der Waals surface area contributed by atoms with Crippen LogP contribution in [0, 0.1) is 29.6 Å². The number of likely N-dealkylation sites (N-methyl/N-ethyl adjacent to an activating group) is 2. The second-order valence-electron chi connectivity index (χ2n) is 21.4. The Labute approximate surface area is 453 Å². The Morgan fingerprint density at radius 3 is 2.05 bits per heavy atom. The van der Waals surface area contributed by atoms with Crippen LogP contribution in [-0.4, -0.2) is 168 Å². The molecule has 3 rings (SSSR count). The maximum atomic E-state index is 14.7. The number of ketones is 1. The highest BCUT2D eigenvalue weighted by Gasteiger charge is 2.44. The van der Waals surface area contributed by atoms with Crippen LogP contribution in [0.15, 0.2) is 24.3 Å². The van der Waals surface area contributed by atoms with Gasteiger partial charge in [0.2, 0.25) is 35.4 Å². The fraction of sp³-hybridized carbons (Fsp3) is 0.704. The molecule has 0 saturated carbocycles. The van der Waals surface area contributed by atoms with E-state index in [2.05, 4.69) is 21.3 Å². The molecule has 0 aromatic heterocycles. The van der Waals surface area contributed by atoms with Crippen molar-refractivity contribution in [1.82, 2.24) is 31.1 Å². The molecule has 12 atom stereocenters. The summed E-state index contributed by atoms with van der Waals surface area (Å²) in [4.78, 5) is 136. The molecule has 434 valence electrons. The molecule has 23 nitrogen and oxygen atoms in total. The van der Waals surface area contributed by atoms with Gasteiger partial charge in [0.25, 0.3) is 0 Å². The van der Waals surface area contributed by atoms with Crippen LogP contribution >= 0.6 is 0 Å². The highest BCUT2D eigenvalue weighted by Crippen LogP contribution is 2.26. The van der Waals surface area contributed by atoms with E-state index < -0.39 is 144 Å². The van der Waals surface area contributed by atoms with E-state index >= 15 is 0 Å². The summed E-state index contributed by atoms with van der Waals surface area (Å²) >= 11 is 0. The number of aliphatic hydroxyl groups excluding tert-OH is 1. The molecule has 0 aliphatic carbocycles. The number of carboxylic acid groups (broad SMARTS) is 1. The largest absolute Gasteiger partial charge is 0.497 e. The van der Waals surface area contributed by atoms with Crippen molar-refractivity contribution in [3.8, 4) is 5.75 Å². The minimum atomic E-state index is -1.55. The molecular weight excluding hydrogens is 1000 g/mol. The van der Waals surface area contributed by atoms with Crippen LogP contribution in [-0.2, 0) is 63.8 Å². The van der Waals surface area contributed by atoms with Crippen molar-refractivity contribution in [3.05, 3.63) is 29.8 Å². The van der Waals surface area contributed by atoms with Crippen molar-refractivity contribution < 1.29 is 72.4 Å². The van der Waals surface area contributed by atoms with Crippen LogP contribution < -0.4 is 37.5 Å². The van der Waals surface area contributed by atoms with Gasteiger partial charge in [-0.2, -0.15) is 0 Å². The Balaban J connectivity index is 0.00000183. The number of rotatable bonds is 17. The van der Waals surface area contributed by atoms with Crippen molar-refractivity contribution in [3.63, 3.8) is 0 Å². The zero-order valence-corrected chi connectivity index (χ0v) is 47.3. The van der Waals surface area contributed by atoms with Crippen molar-refractivity contribution in [1.29, 1.82) is 0 Å². The third-order valence-electron chi connectivity index (χ3n) is 13.9. The predicted molar refractivity (Wildman–Crippen MR) is 284 cm³/mol. The maximum absolute atomic E-state index is 14.7. The highest BCUT2D eigenvalue weighted by molar-refractivity contribution is 6.05. The van der Waals surface area contributed by atoms with Gasteiger partial charge in [0.1, 0.15) is 42.1 Å². The number of aliphatic hydroxyl groups is 1. The zero-order valence-electron chi connectivity index (χ0n) is 47.3. The lowest BCUT2D eigenvalue weighted by Crippen LogP contribution is -2.61. The topological polar surface area (TPSA) is 345 Å². The van der Waals surface area contributed by atoms with E-state index in [0.29, 0.717) is 30.6 Å². The molecule has 0 spiro atoms. The van der Waals surface area contributed by atoms with E-state index in [4.69, 9.17) is 30.8 Å². The van der Waals surface area contributed by atoms with Crippen LogP contribution in [0.3, 0.4) is 0 Å². The third-order valence-corrected chi connectivity index (χ3v) is 13.9. The van der Waals surface area contributed by atoms with Gasteiger partial charge >= 0.3 is 17.9 Å². The summed E-state index contributed by atoms with van der Waals surface area (Å²) in [6, 6.07) is -0.947. The number of ether oxygens (including phenoxy) is 3. The standard InChI is InChI=1S/C49H78N6O12.C5H10N2O3/c1-14-29(8)40-38(56)25-39(57)67-43(28(6)7)42(58)30(9)44(59)51-35(23-27(4)5)47(62)55-21-15-16-36(55)48(63)54(12)37(24-32-17-19-33(65-13)20-18-32)49(64)66-31(10)41(46(61)52-40)53-45(60)34(50-11)22-26(2)3;6-3(5(9)10)1-2-4(7)8/h17-20,26-31,34-38,40-41,43,50,56H,14-16,21-25H2,1-13H3,(H,51,59)(H,52,61)(H,53,60);3H,1-2,6H2,(H2,7,8)(H,9,10)/t29-,30-,31+,34+,35-,36-,37-,38-,40+,41-,43-;3-/m00/s1. The first-order valence-corrected chi connectivity index (χ1v) is 26.7. The molecule has 1 aromatic carbocycles. The smallest absolute Gasteiger partial charge is 0.329 e. The zero-order chi connectivity index (χ0) is 58.6. The molecule has 2 aliphatic heterocycles. The van der Waals surface area contributed by atoms with Crippen LogP contribution in [0.25, 0.3) is 0 Å². The average molecular weight is 1090 g/mol. The lowest BCUT2D eigenvalue weighted by molar-refractivity contribution is -0.163. The van der Waals surface area contributed by atoms with E-state index in [0.717, 1.165) is 0 Å². The first-order chi connectivity index (χ1) is 36.0. The lowest BCUT2D eigenvalue weighted by atomic mass is 9.91. The quantitative estimate of drug-likeness (QED) is 0.0807. The number of carbonyl (C=O) groups excluding carboxylic acids is 9. The van der Waals surface area contributed by atoms with Crippen molar-refractivity contribution in [2.45, 2.75) is 188 Å². The van der Waals surface area contributed by atoms with E-state index in [1.807, 2.05) is 34.6 Å². The summed E-state index contributed by atoms with van der Waals surface area (Å²) in [5.74, 6) is -9.35. The summed E-state index contributed by atoms with van der Waals surface area (Å²) in [6.07, 6.45) is -3.17. The Bertz CT molecular complexity index is 2170. The number of carboxylic acids is 1. The van der Waals surface area contributed by atoms with Gasteiger partial charge in [-0.25, -0.2) is 4.79 Å². The number of benzene rings is 1. The lowest BCUT2D eigenvalue weighted by Gasteiger charge is -2.35. The van der Waals surface area contributed by atoms with Gasteiger partial charge in [-0.05, 0) is 94.4 Å². The molecule has 2 heterocycles. The fourth-order valence-corrected chi connectivity index (χ4v) is 8.97. The summed E-state index contributed by atoms with van der Waals surface area (Å²) in [6.45, 7) is 17.4. The number of Topliss-reactive ketones (excluding diaryl/α,β-unsaturated/α-hetero) is 1.